The monoisotopic (exact) mass is 468 g/mol. The lowest BCUT2D eigenvalue weighted by Crippen LogP contribution is -2.31. The van der Waals surface area contributed by atoms with Crippen LogP contribution in [0.3, 0.4) is 0 Å². The Hall–Kier alpha value is -2.63. The van der Waals surface area contributed by atoms with Gasteiger partial charge in [-0.1, -0.05) is 75.2 Å². The molecular formula is C29H31F3O2. The van der Waals surface area contributed by atoms with Gasteiger partial charge in [-0.25, -0.2) is 13.2 Å². The summed E-state index contributed by atoms with van der Waals surface area (Å²) < 4.78 is 55.3. The quantitative estimate of drug-likeness (QED) is 0.312. The van der Waals surface area contributed by atoms with Crippen LogP contribution in [0.25, 0.3) is 22.3 Å². The molecule has 0 spiro atoms. The van der Waals surface area contributed by atoms with Crippen molar-refractivity contribution in [2.45, 2.75) is 58.2 Å². The molecular weight excluding hydrogens is 437 g/mol. The minimum Gasteiger partial charge on any atom is -0.352 e. The number of rotatable bonds is 8. The van der Waals surface area contributed by atoms with Crippen LogP contribution in [-0.2, 0) is 15.9 Å². The van der Waals surface area contributed by atoms with Gasteiger partial charge in [-0.3, -0.25) is 0 Å². The lowest BCUT2D eigenvalue weighted by molar-refractivity contribution is -0.190. The van der Waals surface area contributed by atoms with Crippen LogP contribution in [0, 0.1) is 17.5 Å². The van der Waals surface area contributed by atoms with Gasteiger partial charge in [0.2, 0.25) is 0 Å². The highest BCUT2D eigenvalue weighted by atomic mass is 19.2. The van der Waals surface area contributed by atoms with Gasteiger partial charge in [0.25, 0.3) is 0 Å². The molecule has 5 heteroatoms. The van der Waals surface area contributed by atoms with E-state index in [9.17, 15) is 13.2 Å². The first-order valence-electron chi connectivity index (χ1n) is 12.1. The highest BCUT2D eigenvalue weighted by Gasteiger charge is 2.25. The van der Waals surface area contributed by atoms with Crippen LogP contribution in [0.2, 0.25) is 0 Å². The van der Waals surface area contributed by atoms with Crippen molar-refractivity contribution in [1.82, 2.24) is 0 Å². The van der Waals surface area contributed by atoms with Crippen molar-refractivity contribution in [3.05, 3.63) is 83.2 Å². The zero-order valence-electron chi connectivity index (χ0n) is 19.8. The van der Waals surface area contributed by atoms with Crippen molar-refractivity contribution in [2.75, 3.05) is 13.2 Å². The zero-order valence-corrected chi connectivity index (χ0v) is 19.8. The van der Waals surface area contributed by atoms with Gasteiger partial charge >= 0.3 is 0 Å². The summed E-state index contributed by atoms with van der Waals surface area (Å²) in [4.78, 5) is 0. The number of unbranched alkanes of at least 4 members (excludes halogenated alkanes) is 2. The molecule has 0 N–H and O–H groups in total. The van der Waals surface area contributed by atoms with Crippen molar-refractivity contribution >= 4 is 0 Å². The molecule has 0 atom stereocenters. The molecule has 0 radical (unpaired) electrons. The molecule has 4 rings (SSSR count). The van der Waals surface area contributed by atoms with Gasteiger partial charge in [0.1, 0.15) is 5.82 Å². The second-order valence-corrected chi connectivity index (χ2v) is 8.86. The van der Waals surface area contributed by atoms with Gasteiger partial charge in [-0.15, -0.1) is 0 Å². The van der Waals surface area contributed by atoms with Gasteiger partial charge in [0.15, 0.2) is 17.9 Å². The Labute approximate surface area is 199 Å². The van der Waals surface area contributed by atoms with Crippen LogP contribution in [0.4, 0.5) is 13.2 Å². The van der Waals surface area contributed by atoms with E-state index >= 15 is 0 Å². The molecule has 1 fully saturated rings. The van der Waals surface area contributed by atoms with E-state index < -0.39 is 11.6 Å². The molecule has 1 heterocycles. The van der Waals surface area contributed by atoms with Crippen LogP contribution in [0.1, 0.15) is 56.6 Å². The minimum absolute atomic E-state index is 0.136. The Morgan fingerprint density at radius 2 is 1.44 bits per heavy atom. The van der Waals surface area contributed by atoms with Crippen LogP contribution < -0.4 is 0 Å². The fraction of sp³-hybridized carbons (Fsp3) is 0.379. The summed E-state index contributed by atoms with van der Waals surface area (Å²) in [6.45, 7) is 4.84. The third-order valence-electron chi connectivity index (χ3n) is 6.52. The maximum Gasteiger partial charge on any atom is 0.166 e. The first kappa shape index (κ1) is 24.5. The number of halogens is 3. The molecule has 1 aliphatic rings. The smallest absolute Gasteiger partial charge is 0.166 e. The Bertz CT molecular complexity index is 1100. The van der Waals surface area contributed by atoms with E-state index in [1.54, 1.807) is 49.4 Å². The fourth-order valence-electron chi connectivity index (χ4n) is 4.42. The molecule has 3 aromatic carbocycles. The number of hydrogen-bond acceptors (Lipinski definition) is 2. The molecule has 0 bridgehead atoms. The summed E-state index contributed by atoms with van der Waals surface area (Å²) in [5, 5.41) is 0. The SMILES string of the molecule is CCCCCC1OCC(c2ccc(-c3ccc(-c4ccc(CC)c(F)c4F)cc3)cc2F)CO1. The van der Waals surface area contributed by atoms with E-state index in [0.717, 1.165) is 36.8 Å². The highest BCUT2D eigenvalue weighted by Crippen LogP contribution is 2.32. The van der Waals surface area contributed by atoms with Crippen LogP contribution in [-0.4, -0.2) is 19.5 Å². The van der Waals surface area contributed by atoms with Crippen molar-refractivity contribution in [3.63, 3.8) is 0 Å². The first-order chi connectivity index (χ1) is 16.5. The van der Waals surface area contributed by atoms with Crippen LogP contribution in [0.5, 0.6) is 0 Å². The largest absolute Gasteiger partial charge is 0.352 e. The van der Waals surface area contributed by atoms with Crippen LogP contribution in [0.15, 0.2) is 54.6 Å². The predicted molar refractivity (Wildman–Crippen MR) is 129 cm³/mol. The molecule has 0 aromatic heterocycles. The average Bonchev–Trinajstić information content (AvgIpc) is 2.86. The standard InChI is InChI=1S/C29H31F3O2/c1-3-5-6-7-27-33-17-23(18-34-27)24-14-13-22(16-26(24)30)20-8-10-21(11-9-20)25-15-12-19(4-2)28(31)29(25)32/h8-16,23,27H,3-7,17-18H2,1-2H3. The molecule has 0 unspecified atom stereocenters. The number of ether oxygens (including phenoxy) is 2. The summed E-state index contributed by atoms with van der Waals surface area (Å²) in [5.74, 6) is -2.08. The van der Waals surface area contributed by atoms with Gasteiger partial charge in [-0.05, 0) is 53.1 Å². The van der Waals surface area contributed by atoms with Crippen LogP contribution >= 0.6 is 0 Å². The van der Waals surface area contributed by atoms with E-state index in [-0.39, 0.29) is 23.6 Å². The molecule has 1 aliphatic heterocycles. The van der Waals surface area contributed by atoms with Gasteiger partial charge in [0.05, 0.1) is 13.2 Å². The second kappa shape index (κ2) is 11.2. The summed E-state index contributed by atoms with van der Waals surface area (Å²) in [6.07, 6.45) is 4.48. The summed E-state index contributed by atoms with van der Waals surface area (Å²) >= 11 is 0. The Balaban J connectivity index is 1.45. The number of benzene rings is 3. The Kier molecular flexibility index (Phi) is 8.07. The first-order valence-corrected chi connectivity index (χ1v) is 12.1. The Morgan fingerprint density at radius 1 is 0.765 bits per heavy atom. The van der Waals surface area contributed by atoms with E-state index in [1.165, 1.54) is 6.07 Å². The highest BCUT2D eigenvalue weighted by molar-refractivity contribution is 5.71. The molecule has 34 heavy (non-hydrogen) atoms. The third kappa shape index (κ3) is 5.37. The van der Waals surface area contributed by atoms with E-state index in [2.05, 4.69) is 6.92 Å². The van der Waals surface area contributed by atoms with E-state index in [0.29, 0.717) is 36.3 Å². The third-order valence-corrected chi connectivity index (χ3v) is 6.52. The van der Waals surface area contributed by atoms with Crippen molar-refractivity contribution in [1.29, 1.82) is 0 Å². The second-order valence-electron chi connectivity index (χ2n) is 8.86. The van der Waals surface area contributed by atoms with E-state index in [1.807, 2.05) is 6.07 Å². The molecule has 0 saturated carbocycles. The predicted octanol–water partition coefficient (Wildman–Crippen LogP) is 8.04. The number of hydrogen-bond donors (Lipinski definition) is 0. The summed E-state index contributed by atoms with van der Waals surface area (Å²) in [6, 6.07) is 15.4. The van der Waals surface area contributed by atoms with Gasteiger partial charge < -0.3 is 9.47 Å². The minimum atomic E-state index is -0.841. The van der Waals surface area contributed by atoms with Crippen molar-refractivity contribution in [3.8, 4) is 22.3 Å². The van der Waals surface area contributed by atoms with E-state index in [4.69, 9.17) is 9.47 Å². The topological polar surface area (TPSA) is 18.5 Å². The number of aryl methyl sites for hydroxylation is 1. The average molecular weight is 469 g/mol. The van der Waals surface area contributed by atoms with Crippen molar-refractivity contribution in [2.24, 2.45) is 0 Å². The lowest BCUT2D eigenvalue weighted by Gasteiger charge is -2.30. The normalized spacial score (nSPS) is 18.3. The maximum atomic E-state index is 15.0. The van der Waals surface area contributed by atoms with Gasteiger partial charge in [0, 0.05) is 11.5 Å². The summed E-state index contributed by atoms with van der Waals surface area (Å²) in [5.41, 5.74) is 3.25. The molecule has 3 aromatic rings. The molecule has 0 amide bonds. The zero-order chi connectivity index (χ0) is 24.1. The molecule has 0 aliphatic carbocycles. The summed E-state index contributed by atoms with van der Waals surface area (Å²) in [7, 11) is 0. The molecule has 1 saturated heterocycles. The molecule has 180 valence electrons. The van der Waals surface area contributed by atoms with Gasteiger partial charge in [-0.2, -0.15) is 0 Å². The maximum absolute atomic E-state index is 15.0. The molecule has 2 nitrogen and oxygen atoms in total. The van der Waals surface area contributed by atoms with Crippen molar-refractivity contribution < 1.29 is 22.6 Å². The lowest BCUT2D eigenvalue weighted by atomic mass is 9.94. The Morgan fingerprint density at radius 3 is 2.09 bits per heavy atom. The fourth-order valence-corrected chi connectivity index (χ4v) is 4.42.